The zero-order valence-corrected chi connectivity index (χ0v) is 12.9. The Balaban J connectivity index is 0.000000149. The highest BCUT2D eigenvalue weighted by Crippen LogP contribution is 2.23. The molecule has 0 aromatic heterocycles. The molecule has 2 unspecified atom stereocenters. The fraction of sp³-hybridized carbons (Fsp3) is 0.647. The highest BCUT2D eigenvalue weighted by molar-refractivity contribution is 5.38. The van der Waals surface area contributed by atoms with Gasteiger partial charge >= 0.3 is 0 Å². The Bertz CT molecular complexity index is 497. The van der Waals surface area contributed by atoms with Crippen LogP contribution >= 0.6 is 0 Å². The van der Waals surface area contributed by atoms with E-state index in [1.165, 1.54) is 29.7 Å². The van der Waals surface area contributed by atoms with Crippen LogP contribution < -0.4 is 4.74 Å². The van der Waals surface area contributed by atoms with Gasteiger partial charge in [-0.1, -0.05) is 31.9 Å². The van der Waals surface area contributed by atoms with Gasteiger partial charge in [0.15, 0.2) is 0 Å². The number of hydrogen-bond acceptors (Lipinski definition) is 3. The summed E-state index contributed by atoms with van der Waals surface area (Å²) >= 11 is 0. The first kappa shape index (κ1) is 15.3. The molecule has 1 aliphatic heterocycles. The van der Waals surface area contributed by atoms with Crippen LogP contribution in [0, 0.1) is 16.4 Å². The Morgan fingerprint density at radius 3 is 2.65 bits per heavy atom. The molecule has 20 heavy (non-hydrogen) atoms. The summed E-state index contributed by atoms with van der Waals surface area (Å²) in [7, 11) is 0. The fourth-order valence-corrected chi connectivity index (χ4v) is 2.44. The van der Waals surface area contributed by atoms with Crippen molar-refractivity contribution in [3.8, 4) is 5.75 Å². The predicted molar refractivity (Wildman–Crippen MR) is 79.7 cm³/mol. The van der Waals surface area contributed by atoms with E-state index in [1.54, 1.807) is 0 Å². The Morgan fingerprint density at radius 1 is 1.30 bits per heavy atom. The van der Waals surface area contributed by atoms with E-state index in [2.05, 4.69) is 32.0 Å². The van der Waals surface area contributed by atoms with Gasteiger partial charge in [-0.05, 0) is 31.6 Å². The molecular weight excluding hydrogens is 252 g/mol. The molecular formula is C17H26O3. The molecule has 0 N–H and O–H groups in total. The first-order chi connectivity index (χ1) is 9.76. The zero-order valence-electron chi connectivity index (χ0n) is 12.9. The molecule has 3 heteroatoms. The van der Waals surface area contributed by atoms with E-state index in [1.807, 2.05) is 6.92 Å². The van der Waals surface area contributed by atoms with Gasteiger partial charge in [-0.3, -0.25) is 0 Å². The highest BCUT2D eigenvalue weighted by atomic mass is 16.7. The largest absolute Gasteiger partial charge is 0.493 e. The zero-order chi connectivity index (χ0) is 14.4. The van der Waals surface area contributed by atoms with E-state index in [4.69, 9.17) is 14.2 Å². The maximum Gasteiger partial charge on any atom is 0.147 e. The lowest BCUT2D eigenvalue weighted by Crippen LogP contribution is -2.31. The van der Waals surface area contributed by atoms with Crippen molar-refractivity contribution in [2.24, 2.45) is 5.92 Å². The molecule has 2 atom stereocenters. The van der Waals surface area contributed by atoms with E-state index in [0.717, 1.165) is 19.0 Å². The van der Waals surface area contributed by atoms with Crippen LogP contribution in [-0.4, -0.2) is 26.1 Å². The predicted octanol–water partition coefficient (Wildman–Crippen LogP) is 3.87. The van der Waals surface area contributed by atoms with Gasteiger partial charge in [0.1, 0.15) is 12.5 Å². The molecule has 0 aromatic carbocycles. The summed E-state index contributed by atoms with van der Waals surface area (Å²) in [6, 6.07) is 6.25. The molecule has 1 heterocycles. The third-order valence-corrected chi connectivity index (χ3v) is 3.93. The van der Waals surface area contributed by atoms with Gasteiger partial charge in [-0.25, -0.2) is 0 Å². The van der Waals surface area contributed by atoms with Crippen molar-refractivity contribution in [2.45, 2.75) is 46.1 Å². The SMILES string of the molecule is CCCCC1COCOC1C.CCOc1cc2ccc1=2. The van der Waals surface area contributed by atoms with Crippen LogP contribution in [0.25, 0.3) is 0 Å². The minimum atomic E-state index is 0.398. The molecule has 0 aromatic rings. The number of benzene rings is 1. The van der Waals surface area contributed by atoms with Crippen LogP contribution in [0.1, 0.15) is 40.0 Å². The molecule has 1 saturated heterocycles. The average molecular weight is 278 g/mol. The minimum absolute atomic E-state index is 0.398. The summed E-state index contributed by atoms with van der Waals surface area (Å²) < 4.78 is 15.9. The second-order valence-electron chi connectivity index (χ2n) is 5.41. The van der Waals surface area contributed by atoms with Crippen LogP contribution in [0.2, 0.25) is 0 Å². The number of unbranched alkanes of at least 4 members (excludes halogenated alkanes) is 1. The lowest BCUT2D eigenvalue weighted by atomic mass is 9.97. The van der Waals surface area contributed by atoms with Gasteiger partial charge in [0.05, 0.1) is 19.3 Å². The maximum atomic E-state index is 5.37. The van der Waals surface area contributed by atoms with Crippen molar-refractivity contribution in [1.29, 1.82) is 0 Å². The van der Waals surface area contributed by atoms with Crippen LogP contribution in [0.15, 0.2) is 18.2 Å². The summed E-state index contributed by atoms with van der Waals surface area (Å²) in [5.74, 6) is 1.69. The van der Waals surface area contributed by atoms with Gasteiger partial charge in [0, 0.05) is 11.1 Å². The van der Waals surface area contributed by atoms with Gasteiger partial charge in [0.2, 0.25) is 0 Å². The smallest absolute Gasteiger partial charge is 0.147 e. The first-order valence-electron chi connectivity index (χ1n) is 7.72. The topological polar surface area (TPSA) is 27.7 Å². The quantitative estimate of drug-likeness (QED) is 0.831. The molecule has 0 saturated carbocycles. The van der Waals surface area contributed by atoms with E-state index >= 15 is 0 Å². The molecule has 112 valence electrons. The molecule has 0 bridgehead atoms. The minimum Gasteiger partial charge on any atom is -0.493 e. The maximum absolute atomic E-state index is 5.37. The van der Waals surface area contributed by atoms with E-state index in [9.17, 15) is 0 Å². The summed E-state index contributed by atoms with van der Waals surface area (Å²) in [4.78, 5) is 0. The van der Waals surface area contributed by atoms with Gasteiger partial charge < -0.3 is 14.2 Å². The van der Waals surface area contributed by atoms with Crippen molar-refractivity contribution < 1.29 is 14.2 Å². The van der Waals surface area contributed by atoms with Crippen molar-refractivity contribution in [1.82, 2.24) is 0 Å². The molecule has 3 nitrogen and oxygen atoms in total. The fourth-order valence-electron chi connectivity index (χ4n) is 2.44. The second-order valence-corrected chi connectivity index (χ2v) is 5.41. The molecule has 0 spiro atoms. The third kappa shape index (κ3) is 3.74. The summed E-state index contributed by atoms with van der Waals surface area (Å²) in [6.45, 7) is 8.52. The first-order valence-corrected chi connectivity index (χ1v) is 7.72. The standard InChI is InChI=1S/C9H18O2.C8H8O/c1-3-4-5-9-6-10-7-11-8(9)2;1-2-9-8-5-6-3-4-7(6)8/h8-9H,3-7H2,1-2H3;3-5H,2H2,1H3. The average Bonchev–Trinajstić information content (AvgIpc) is 2.44. The molecule has 1 fully saturated rings. The second kappa shape index (κ2) is 7.65. The van der Waals surface area contributed by atoms with E-state index in [0.29, 0.717) is 18.8 Å². The van der Waals surface area contributed by atoms with E-state index < -0.39 is 0 Å². The van der Waals surface area contributed by atoms with Crippen molar-refractivity contribution in [3.05, 3.63) is 28.6 Å². The van der Waals surface area contributed by atoms with Crippen molar-refractivity contribution in [2.75, 3.05) is 20.0 Å². The lowest BCUT2D eigenvalue weighted by molar-refractivity contribution is -0.165. The normalized spacial score (nSPS) is 22.8. The van der Waals surface area contributed by atoms with Gasteiger partial charge in [-0.2, -0.15) is 0 Å². The van der Waals surface area contributed by atoms with Crippen LogP contribution in [0.3, 0.4) is 0 Å². The summed E-state index contributed by atoms with van der Waals surface area (Å²) in [5.41, 5.74) is 0. The molecule has 0 radical (unpaired) electrons. The monoisotopic (exact) mass is 278 g/mol. The molecule has 3 rings (SSSR count). The third-order valence-electron chi connectivity index (χ3n) is 3.93. The van der Waals surface area contributed by atoms with E-state index in [-0.39, 0.29) is 0 Å². The van der Waals surface area contributed by atoms with Crippen molar-refractivity contribution in [3.63, 3.8) is 0 Å². The number of rotatable bonds is 5. The van der Waals surface area contributed by atoms with Crippen LogP contribution in [0.4, 0.5) is 0 Å². The summed E-state index contributed by atoms with van der Waals surface area (Å²) in [5, 5.41) is 2.65. The van der Waals surface area contributed by atoms with Crippen molar-refractivity contribution >= 4 is 0 Å². The molecule has 3 aliphatic rings. The molecule has 0 amide bonds. The van der Waals surface area contributed by atoms with Crippen LogP contribution in [0.5, 0.6) is 5.75 Å². The summed E-state index contributed by atoms with van der Waals surface area (Å²) in [6.07, 6.45) is 4.21. The number of hydrogen-bond donors (Lipinski definition) is 0. The lowest BCUT2D eigenvalue weighted by Gasteiger charge is -2.28. The Morgan fingerprint density at radius 2 is 2.15 bits per heavy atom. The van der Waals surface area contributed by atoms with Crippen LogP contribution in [-0.2, 0) is 9.47 Å². The Kier molecular flexibility index (Phi) is 5.86. The molecule has 2 aliphatic carbocycles. The highest BCUT2D eigenvalue weighted by Gasteiger charge is 2.21. The Hall–Kier alpha value is -1.06. The Labute approximate surface area is 121 Å². The van der Waals surface area contributed by atoms with Gasteiger partial charge in [0.25, 0.3) is 0 Å². The van der Waals surface area contributed by atoms with Gasteiger partial charge in [-0.15, -0.1) is 0 Å². The number of ether oxygens (including phenoxy) is 3.